The maximum Gasteiger partial charge on any atom is 0.421 e. The Morgan fingerprint density at radius 2 is 1.94 bits per heavy atom. The Hall–Kier alpha value is -2.00. The van der Waals surface area contributed by atoms with E-state index in [0.717, 1.165) is 24.3 Å². The minimum absolute atomic E-state index is 0.118. The fourth-order valence-electron chi connectivity index (χ4n) is 4.48. The van der Waals surface area contributed by atoms with Gasteiger partial charge in [-0.25, -0.2) is 14.5 Å². The molecule has 1 aliphatic carbocycles. The van der Waals surface area contributed by atoms with E-state index in [1.165, 1.54) is 4.90 Å². The van der Waals surface area contributed by atoms with E-state index >= 15 is 0 Å². The molecule has 0 aromatic rings. The molecule has 13 nitrogen and oxygen atoms in total. The monoisotopic (exact) mass is 492 g/mol. The Labute approximate surface area is 193 Å². The number of fused-ring (bicyclic) bond motifs is 2. The summed E-state index contributed by atoms with van der Waals surface area (Å²) < 4.78 is 40.3. The number of nitrogens with two attached hydrogens (primary N) is 1. The Bertz CT molecular complexity index is 831. The molecule has 2 atom stereocenters. The van der Waals surface area contributed by atoms with Crippen molar-refractivity contribution >= 4 is 28.3 Å². The maximum atomic E-state index is 12.8. The molecular weight excluding hydrogens is 460 g/mol. The molecule has 3 aliphatic rings. The van der Waals surface area contributed by atoms with Crippen LogP contribution in [-0.4, -0.2) is 81.3 Å². The summed E-state index contributed by atoms with van der Waals surface area (Å²) >= 11 is 0. The molecule has 0 unspecified atom stereocenters. The number of esters is 1. The molecule has 3 rings (SSSR count). The van der Waals surface area contributed by atoms with Crippen molar-refractivity contribution in [3.63, 3.8) is 0 Å². The molecule has 3 N–H and O–H groups in total. The summed E-state index contributed by atoms with van der Waals surface area (Å²) in [6, 6.07) is -2.14. The third-order valence-electron chi connectivity index (χ3n) is 6.19. The Kier molecular flexibility index (Phi) is 8.50. The molecule has 14 heteroatoms. The molecule has 1 saturated carbocycles. The zero-order valence-corrected chi connectivity index (χ0v) is 19.5. The van der Waals surface area contributed by atoms with Crippen molar-refractivity contribution in [3.05, 3.63) is 0 Å². The van der Waals surface area contributed by atoms with E-state index in [9.17, 15) is 22.8 Å². The number of carbonyl (C=O) groups excluding carboxylic acids is 3. The first kappa shape index (κ1) is 25.6. The largest absolute Gasteiger partial charge is 0.465 e. The van der Waals surface area contributed by atoms with Crippen molar-refractivity contribution in [1.29, 1.82) is 0 Å². The van der Waals surface area contributed by atoms with Crippen molar-refractivity contribution in [1.82, 2.24) is 15.4 Å². The summed E-state index contributed by atoms with van der Waals surface area (Å²) in [6.45, 7) is 1.89. The third kappa shape index (κ3) is 5.93. The number of carbonyl (C=O) groups is 3. The summed E-state index contributed by atoms with van der Waals surface area (Å²) in [7, 11) is -4.65. The van der Waals surface area contributed by atoms with Gasteiger partial charge < -0.3 is 15.4 Å². The van der Waals surface area contributed by atoms with Gasteiger partial charge in [-0.2, -0.15) is 13.5 Å². The standard InChI is InChI=1S/C19H32N4O9S/c1-2-29-17(25)19(8-4-3-5-9-19)13-31-33(27,28)32-23-14-6-7-15(22(12-14)18(23)26)16(24)21-30-11-10-20/h14-15H,2-13,20H2,1H3,(H,21,24)/t14-,15+/m1/s1. The highest BCUT2D eigenvalue weighted by atomic mass is 32.3. The van der Waals surface area contributed by atoms with E-state index in [-0.39, 0.29) is 26.3 Å². The Balaban J connectivity index is 1.61. The Morgan fingerprint density at radius 1 is 1.21 bits per heavy atom. The van der Waals surface area contributed by atoms with Crippen molar-refractivity contribution in [3.8, 4) is 0 Å². The highest BCUT2D eigenvalue weighted by Gasteiger charge is 2.50. The number of nitrogens with zero attached hydrogens (tertiary/aromatic N) is 2. The van der Waals surface area contributed by atoms with Crippen molar-refractivity contribution in [2.75, 3.05) is 32.9 Å². The third-order valence-corrected chi connectivity index (χ3v) is 6.94. The lowest BCUT2D eigenvalue weighted by molar-refractivity contribution is -0.160. The van der Waals surface area contributed by atoms with Gasteiger partial charge in [0, 0.05) is 13.1 Å². The van der Waals surface area contributed by atoms with Crippen molar-refractivity contribution in [2.45, 2.75) is 64.0 Å². The second-order valence-corrected chi connectivity index (χ2v) is 9.62. The van der Waals surface area contributed by atoms with Crippen molar-refractivity contribution in [2.24, 2.45) is 11.1 Å². The number of rotatable bonds is 11. The average Bonchev–Trinajstić information content (AvgIpc) is 3.03. The number of urea groups is 1. The zero-order valence-electron chi connectivity index (χ0n) is 18.7. The van der Waals surface area contributed by atoms with Gasteiger partial charge in [0.25, 0.3) is 5.91 Å². The second-order valence-electron chi connectivity index (χ2n) is 8.42. The number of ether oxygens (including phenoxy) is 1. The molecule has 2 saturated heterocycles. The summed E-state index contributed by atoms with van der Waals surface area (Å²) in [5.74, 6) is -1.02. The molecule has 3 amide bonds. The average molecular weight is 493 g/mol. The normalized spacial score (nSPS) is 24.6. The summed E-state index contributed by atoms with van der Waals surface area (Å²) in [6.07, 6.45) is 4.00. The minimum atomic E-state index is -4.65. The smallest absolute Gasteiger partial charge is 0.421 e. The first-order valence-corrected chi connectivity index (χ1v) is 12.5. The van der Waals surface area contributed by atoms with Gasteiger partial charge in [-0.1, -0.05) is 19.3 Å². The fourth-order valence-corrected chi connectivity index (χ4v) is 5.27. The SMILES string of the molecule is CCOC(=O)C1(COS(=O)(=O)ON2C(=O)N3C[C@H]2CC[C@H]3C(=O)NOCCN)CCCCC1. The maximum absolute atomic E-state index is 12.8. The van der Waals surface area contributed by atoms with Crippen LogP contribution < -0.4 is 11.2 Å². The van der Waals surface area contributed by atoms with E-state index in [4.69, 9.17) is 23.8 Å². The second kappa shape index (κ2) is 11.0. The molecular formula is C19H32N4O9S. The minimum Gasteiger partial charge on any atom is -0.465 e. The van der Waals surface area contributed by atoms with Crippen LogP contribution in [0.2, 0.25) is 0 Å². The predicted molar refractivity (Wildman–Crippen MR) is 112 cm³/mol. The summed E-state index contributed by atoms with van der Waals surface area (Å²) in [4.78, 5) is 43.7. The lowest BCUT2D eigenvalue weighted by Gasteiger charge is -2.34. The lowest BCUT2D eigenvalue weighted by atomic mass is 9.75. The number of hydrogen-bond acceptors (Lipinski definition) is 10. The number of hydroxylamine groups is 3. The van der Waals surface area contributed by atoms with Crippen molar-refractivity contribution < 1.29 is 40.8 Å². The highest BCUT2D eigenvalue weighted by molar-refractivity contribution is 7.81. The van der Waals surface area contributed by atoms with Gasteiger partial charge >= 0.3 is 22.4 Å². The van der Waals surface area contributed by atoms with Crippen LogP contribution in [0.15, 0.2) is 0 Å². The number of hydrogen-bond donors (Lipinski definition) is 2. The number of nitrogens with one attached hydrogen (secondary N) is 1. The van der Waals surface area contributed by atoms with Gasteiger partial charge in [-0.3, -0.25) is 14.4 Å². The van der Waals surface area contributed by atoms with Gasteiger partial charge in [-0.15, -0.1) is 4.28 Å². The van der Waals surface area contributed by atoms with Crippen LogP contribution in [0.5, 0.6) is 0 Å². The first-order chi connectivity index (χ1) is 15.7. The molecule has 0 aromatic carbocycles. The Morgan fingerprint density at radius 3 is 2.61 bits per heavy atom. The van der Waals surface area contributed by atoms with Crippen LogP contribution in [-0.2, 0) is 38.0 Å². The van der Waals surface area contributed by atoms with E-state index in [1.807, 2.05) is 0 Å². The van der Waals surface area contributed by atoms with Crippen LogP contribution in [0.3, 0.4) is 0 Å². The first-order valence-electron chi connectivity index (χ1n) is 11.2. The van der Waals surface area contributed by atoms with E-state index in [0.29, 0.717) is 25.7 Å². The molecule has 0 spiro atoms. The van der Waals surface area contributed by atoms with E-state index < -0.39 is 52.4 Å². The topological polar surface area (TPSA) is 167 Å². The highest BCUT2D eigenvalue weighted by Crippen LogP contribution is 2.38. The van der Waals surface area contributed by atoms with Gasteiger partial charge in [-0.05, 0) is 32.6 Å². The van der Waals surface area contributed by atoms with Crippen LogP contribution >= 0.6 is 0 Å². The number of piperidine rings is 1. The molecule has 0 aromatic heterocycles. The van der Waals surface area contributed by atoms with Gasteiger partial charge in [0.05, 0.1) is 31.3 Å². The lowest BCUT2D eigenvalue weighted by Crippen LogP contribution is -2.50. The van der Waals surface area contributed by atoms with Crippen LogP contribution in [0.25, 0.3) is 0 Å². The van der Waals surface area contributed by atoms with Gasteiger partial charge in [0.15, 0.2) is 0 Å². The van der Waals surface area contributed by atoms with E-state index in [2.05, 4.69) is 5.48 Å². The predicted octanol–water partition coefficient (Wildman–Crippen LogP) is -0.0319. The van der Waals surface area contributed by atoms with Gasteiger partial charge in [0.2, 0.25) is 0 Å². The molecule has 2 heterocycles. The molecule has 0 radical (unpaired) electrons. The van der Waals surface area contributed by atoms with Crippen LogP contribution in [0.1, 0.15) is 51.9 Å². The zero-order chi connectivity index (χ0) is 24.1. The quantitative estimate of drug-likeness (QED) is 0.227. The summed E-state index contributed by atoms with van der Waals surface area (Å²) in [5, 5.41) is 0.723. The molecule has 3 fully saturated rings. The molecule has 33 heavy (non-hydrogen) atoms. The molecule has 188 valence electrons. The molecule has 2 aliphatic heterocycles. The van der Waals surface area contributed by atoms with Gasteiger partial charge in [0.1, 0.15) is 6.04 Å². The van der Waals surface area contributed by atoms with Crippen LogP contribution in [0, 0.1) is 5.41 Å². The fraction of sp³-hybridized carbons (Fsp3) is 0.842. The molecule has 2 bridgehead atoms. The number of amides is 3. The summed E-state index contributed by atoms with van der Waals surface area (Å²) in [5.41, 5.74) is 6.48. The van der Waals surface area contributed by atoms with E-state index in [1.54, 1.807) is 6.92 Å². The van der Waals surface area contributed by atoms with Crippen LogP contribution in [0.4, 0.5) is 4.79 Å².